The zero-order valence-corrected chi connectivity index (χ0v) is 15.1. The maximum atomic E-state index is 10.4. The highest BCUT2D eigenvalue weighted by Crippen LogP contribution is 2.46. The topological polar surface area (TPSA) is 92.0 Å². The van der Waals surface area contributed by atoms with E-state index in [4.69, 9.17) is 0 Å². The molecule has 5 rings (SSSR count). The van der Waals surface area contributed by atoms with Crippen LogP contribution in [0.5, 0.6) is 5.75 Å². The van der Waals surface area contributed by atoms with Crippen molar-refractivity contribution in [3.63, 3.8) is 0 Å². The molecule has 8 heteroatoms. The molecule has 1 aliphatic heterocycles. The van der Waals surface area contributed by atoms with Gasteiger partial charge in [0.1, 0.15) is 5.75 Å². The second-order valence-electron chi connectivity index (χ2n) is 7.59. The Morgan fingerprint density at radius 3 is 2.70 bits per heavy atom. The molecule has 1 saturated heterocycles. The second kappa shape index (κ2) is 6.02. The minimum absolute atomic E-state index is 0.113. The van der Waals surface area contributed by atoms with Crippen molar-refractivity contribution in [3.8, 4) is 22.8 Å². The van der Waals surface area contributed by atoms with E-state index in [0.717, 1.165) is 24.6 Å². The molecule has 2 aliphatic rings. The summed E-state index contributed by atoms with van der Waals surface area (Å²) in [6, 6.07) is 5.85. The molecule has 0 bridgehead atoms. The van der Waals surface area contributed by atoms with Gasteiger partial charge in [-0.3, -0.25) is 0 Å². The van der Waals surface area contributed by atoms with Crippen LogP contribution in [-0.4, -0.2) is 56.0 Å². The van der Waals surface area contributed by atoms with E-state index in [1.54, 1.807) is 30.9 Å². The summed E-state index contributed by atoms with van der Waals surface area (Å²) in [7, 11) is 2.05. The number of rotatable bonds is 4. The molecule has 2 N–H and O–H groups in total. The van der Waals surface area contributed by atoms with E-state index < -0.39 is 0 Å². The van der Waals surface area contributed by atoms with E-state index in [1.807, 2.05) is 23.9 Å². The van der Waals surface area contributed by atoms with Crippen LogP contribution in [0.3, 0.4) is 0 Å². The van der Waals surface area contributed by atoms with Gasteiger partial charge in [-0.05, 0) is 30.4 Å². The third-order valence-corrected chi connectivity index (χ3v) is 5.82. The lowest BCUT2D eigenvalue weighted by Crippen LogP contribution is -2.64. The van der Waals surface area contributed by atoms with Crippen molar-refractivity contribution in [2.45, 2.75) is 18.9 Å². The molecule has 3 heterocycles. The molecule has 0 unspecified atom stereocenters. The highest BCUT2D eigenvalue weighted by Gasteiger charge is 2.49. The lowest BCUT2D eigenvalue weighted by Gasteiger charge is -2.56. The minimum Gasteiger partial charge on any atom is -0.507 e. The molecule has 0 atom stereocenters. The summed E-state index contributed by atoms with van der Waals surface area (Å²) in [5, 5.41) is 22.3. The Hall–Kier alpha value is -3.00. The molecule has 1 spiro atoms. The van der Waals surface area contributed by atoms with Crippen LogP contribution in [0.4, 0.5) is 5.82 Å². The zero-order chi connectivity index (χ0) is 18.4. The van der Waals surface area contributed by atoms with E-state index in [1.165, 1.54) is 12.8 Å². The van der Waals surface area contributed by atoms with Crippen molar-refractivity contribution in [3.05, 3.63) is 43.1 Å². The van der Waals surface area contributed by atoms with Crippen molar-refractivity contribution >= 4 is 5.82 Å². The van der Waals surface area contributed by atoms with Crippen LogP contribution in [0, 0.1) is 5.41 Å². The Morgan fingerprint density at radius 1 is 1.26 bits per heavy atom. The van der Waals surface area contributed by atoms with E-state index >= 15 is 0 Å². The van der Waals surface area contributed by atoms with Gasteiger partial charge in [0.15, 0.2) is 11.6 Å². The predicted molar refractivity (Wildman–Crippen MR) is 101 cm³/mol. The molecule has 0 radical (unpaired) electrons. The summed E-state index contributed by atoms with van der Waals surface area (Å²) >= 11 is 0. The first kappa shape index (κ1) is 16.2. The summed E-state index contributed by atoms with van der Waals surface area (Å²) in [4.78, 5) is 10.6. The summed E-state index contributed by atoms with van der Waals surface area (Å²) in [6.07, 6.45) is 9.31. The molecule has 2 fully saturated rings. The van der Waals surface area contributed by atoms with Gasteiger partial charge in [0.05, 0.1) is 23.8 Å². The Balaban J connectivity index is 1.33. The highest BCUT2D eigenvalue weighted by atomic mass is 16.3. The third-order valence-electron chi connectivity index (χ3n) is 5.82. The van der Waals surface area contributed by atoms with Gasteiger partial charge in [0, 0.05) is 44.6 Å². The molecule has 138 valence electrons. The molecule has 1 aromatic carbocycles. The van der Waals surface area contributed by atoms with E-state index in [-0.39, 0.29) is 5.75 Å². The van der Waals surface area contributed by atoms with Crippen molar-refractivity contribution in [2.24, 2.45) is 5.41 Å². The summed E-state index contributed by atoms with van der Waals surface area (Å²) in [5.74, 6) is 1.29. The van der Waals surface area contributed by atoms with E-state index in [2.05, 4.69) is 30.4 Å². The molecular formula is C19H21N7O. The first-order valence-electron chi connectivity index (χ1n) is 9.09. The van der Waals surface area contributed by atoms with Crippen LogP contribution in [0.15, 0.2) is 43.1 Å². The Bertz CT molecular complexity index is 943. The van der Waals surface area contributed by atoms with Crippen molar-refractivity contribution in [1.29, 1.82) is 0 Å². The molecule has 3 aromatic rings. The number of hydrogen-bond donors (Lipinski definition) is 2. The standard InChI is InChI=1S/C19H21N7O/c1-25(14-7-19(8-14)10-21-11-19)17-9-22-18(24-23-17)15-3-2-13(6-16(15)27)26-5-4-20-12-26/h2-6,9,12,14,21,27H,7-8,10-11H2,1H3. The van der Waals surface area contributed by atoms with Crippen molar-refractivity contribution in [2.75, 3.05) is 25.0 Å². The van der Waals surface area contributed by atoms with Crippen LogP contribution in [0.2, 0.25) is 0 Å². The van der Waals surface area contributed by atoms with Gasteiger partial charge < -0.3 is 19.9 Å². The number of aromatic hydroxyl groups is 1. The van der Waals surface area contributed by atoms with Gasteiger partial charge in [-0.2, -0.15) is 0 Å². The summed E-state index contributed by atoms with van der Waals surface area (Å²) in [5.41, 5.74) is 1.90. The number of nitrogens with zero attached hydrogens (tertiary/aromatic N) is 6. The molecule has 8 nitrogen and oxygen atoms in total. The normalized spacial score (nSPS) is 18.1. The average molecular weight is 363 g/mol. The van der Waals surface area contributed by atoms with Gasteiger partial charge in [-0.15, -0.1) is 10.2 Å². The number of aromatic nitrogens is 5. The van der Waals surface area contributed by atoms with E-state index in [9.17, 15) is 5.11 Å². The Labute approximate surface area is 156 Å². The van der Waals surface area contributed by atoms with Gasteiger partial charge in [0.2, 0.25) is 0 Å². The number of imidazole rings is 1. The highest BCUT2D eigenvalue weighted by molar-refractivity contribution is 5.66. The first-order chi connectivity index (χ1) is 13.1. The minimum atomic E-state index is 0.113. The van der Waals surface area contributed by atoms with Gasteiger partial charge in [-0.25, -0.2) is 9.97 Å². The molecule has 1 saturated carbocycles. The largest absolute Gasteiger partial charge is 0.507 e. The fourth-order valence-electron chi connectivity index (χ4n) is 4.00. The smallest absolute Gasteiger partial charge is 0.185 e. The molecule has 2 aromatic heterocycles. The van der Waals surface area contributed by atoms with Crippen LogP contribution >= 0.6 is 0 Å². The maximum absolute atomic E-state index is 10.4. The Kier molecular flexibility index (Phi) is 3.61. The van der Waals surface area contributed by atoms with Crippen LogP contribution in [0.1, 0.15) is 12.8 Å². The Morgan fingerprint density at radius 2 is 2.11 bits per heavy atom. The summed E-state index contributed by atoms with van der Waals surface area (Å²) in [6.45, 7) is 2.27. The first-order valence-corrected chi connectivity index (χ1v) is 9.09. The quantitative estimate of drug-likeness (QED) is 0.728. The zero-order valence-electron chi connectivity index (χ0n) is 15.1. The molecule has 27 heavy (non-hydrogen) atoms. The SMILES string of the molecule is CN(c1cnc(-c2ccc(-n3ccnc3)cc2O)nn1)C1CC2(CNC2)C1. The fourth-order valence-corrected chi connectivity index (χ4v) is 4.00. The number of anilines is 1. The second-order valence-corrected chi connectivity index (χ2v) is 7.59. The number of nitrogens with one attached hydrogen (secondary N) is 1. The number of phenolic OH excluding ortho intramolecular Hbond substituents is 1. The molecule has 0 amide bonds. The molecule has 1 aliphatic carbocycles. The van der Waals surface area contributed by atoms with Crippen LogP contribution in [-0.2, 0) is 0 Å². The lowest BCUT2D eigenvalue weighted by atomic mass is 9.61. The summed E-state index contributed by atoms with van der Waals surface area (Å²) < 4.78 is 1.82. The number of benzene rings is 1. The number of phenols is 1. The van der Waals surface area contributed by atoms with Crippen LogP contribution in [0.25, 0.3) is 17.1 Å². The molecular weight excluding hydrogens is 342 g/mol. The number of hydrogen-bond acceptors (Lipinski definition) is 7. The van der Waals surface area contributed by atoms with Gasteiger partial charge in [-0.1, -0.05) is 0 Å². The van der Waals surface area contributed by atoms with Crippen molar-refractivity contribution < 1.29 is 5.11 Å². The average Bonchev–Trinajstić information content (AvgIpc) is 3.14. The van der Waals surface area contributed by atoms with Gasteiger partial charge >= 0.3 is 0 Å². The lowest BCUT2D eigenvalue weighted by molar-refractivity contribution is 0.0371. The third kappa shape index (κ3) is 2.73. The predicted octanol–water partition coefficient (Wildman–Crippen LogP) is 1.62. The van der Waals surface area contributed by atoms with Crippen LogP contribution < -0.4 is 10.2 Å². The van der Waals surface area contributed by atoms with E-state index in [0.29, 0.717) is 22.8 Å². The fraction of sp³-hybridized carbons (Fsp3) is 0.368. The van der Waals surface area contributed by atoms with Gasteiger partial charge in [0.25, 0.3) is 0 Å². The monoisotopic (exact) mass is 363 g/mol. The maximum Gasteiger partial charge on any atom is 0.185 e. The van der Waals surface area contributed by atoms with Crippen molar-refractivity contribution in [1.82, 2.24) is 30.0 Å².